The summed E-state index contributed by atoms with van der Waals surface area (Å²) in [5.41, 5.74) is -0.537. The fourth-order valence-corrected chi connectivity index (χ4v) is 3.50. The van der Waals surface area contributed by atoms with Crippen LogP contribution in [0.1, 0.15) is 23.6 Å². The molecule has 0 saturated carbocycles. The van der Waals surface area contributed by atoms with Gasteiger partial charge in [-0.2, -0.15) is 5.26 Å². The monoisotopic (exact) mass is 380 g/mol. The number of hydrogen-bond donors (Lipinski definition) is 1. The minimum Gasteiger partial charge on any atom is -0.322 e. The second-order valence-corrected chi connectivity index (χ2v) is 6.70. The van der Waals surface area contributed by atoms with Gasteiger partial charge in [0.2, 0.25) is 0 Å². The number of aromatic nitrogens is 1. The van der Waals surface area contributed by atoms with Crippen molar-refractivity contribution in [3.63, 3.8) is 0 Å². The summed E-state index contributed by atoms with van der Waals surface area (Å²) in [4.78, 5) is 26.4. The van der Waals surface area contributed by atoms with E-state index in [1.54, 1.807) is 35.0 Å². The number of pyridine rings is 1. The Labute approximate surface area is 158 Å². The summed E-state index contributed by atoms with van der Waals surface area (Å²) >= 11 is 0. The SMILES string of the molecule is C[C@@]1(c2cc(F)ccc2F)NC(=O)N(Cc2cn3ccccc3c2C#N)C1=O. The standard InChI is InChI=1S/C20H14F2N4O2/c1-20(15-8-13(21)5-6-16(15)22)18(27)26(19(28)24-20)11-12-10-25-7-3-2-4-17(25)14(12)9-23/h2-8,10H,11H2,1H3,(H,24,28)/t20-/m0/s1. The Morgan fingerprint density at radius 3 is 2.75 bits per heavy atom. The summed E-state index contributed by atoms with van der Waals surface area (Å²) in [6.45, 7) is 1.16. The highest BCUT2D eigenvalue weighted by Crippen LogP contribution is 2.32. The van der Waals surface area contributed by atoms with Gasteiger partial charge in [0.25, 0.3) is 5.91 Å². The van der Waals surface area contributed by atoms with E-state index in [9.17, 15) is 23.6 Å². The van der Waals surface area contributed by atoms with Gasteiger partial charge in [-0.3, -0.25) is 9.69 Å². The zero-order valence-corrected chi connectivity index (χ0v) is 14.7. The molecule has 1 saturated heterocycles. The van der Waals surface area contributed by atoms with Crippen LogP contribution in [0.3, 0.4) is 0 Å². The Bertz CT molecular complexity index is 1180. The zero-order chi connectivity index (χ0) is 20.1. The number of fused-ring (bicyclic) bond motifs is 1. The van der Waals surface area contributed by atoms with Gasteiger partial charge in [-0.15, -0.1) is 0 Å². The molecule has 3 heterocycles. The molecular formula is C20H14F2N4O2. The molecule has 1 fully saturated rings. The summed E-state index contributed by atoms with van der Waals surface area (Å²) in [5, 5.41) is 11.9. The van der Waals surface area contributed by atoms with Crippen molar-refractivity contribution in [2.75, 3.05) is 0 Å². The third kappa shape index (κ3) is 2.52. The number of nitrogens with one attached hydrogen (secondary N) is 1. The number of nitriles is 1. The Morgan fingerprint density at radius 1 is 1.21 bits per heavy atom. The number of nitrogens with zero attached hydrogens (tertiary/aromatic N) is 3. The number of carbonyl (C=O) groups excluding carboxylic acids is 2. The van der Waals surface area contributed by atoms with Crippen molar-refractivity contribution in [3.8, 4) is 6.07 Å². The highest BCUT2D eigenvalue weighted by atomic mass is 19.1. The largest absolute Gasteiger partial charge is 0.325 e. The first-order valence-corrected chi connectivity index (χ1v) is 8.43. The van der Waals surface area contributed by atoms with Crippen LogP contribution in [0.15, 0.2) is 48.8 Å². The average molecular weight is 380 g/mol. The fraction of sp³-hybridized carbons (Fsp3) is 0.150. The highest BCUT2D eigenvalue weighted by Gasteiger charge is 2.50. The predicted molar refractivity (Wildman–Crippen MR) is 94.9 cm³/mol. The first-order valence-electron chi connectivity index (χ1n) is 8.43. The van der Waals surface area contributed by atoms with E-state index in [0.29, 0.717) is 16.6 Å². The molecule has 0 aliphatic carbocycles. The molecule has 8 heteroatoms. The van der Waals surface area contributed by atoms with Crippen LogP contribution in [-0.2, 0) is 16.9 Å². The maximum Gasteiger partial charge on any atom is 0.325 e. The molecule has 28 heavy (non-hydrogen) atoms. The van der Waals surface area contributed by atoms with Crippen LogP contribution in [0.5, 0.6) is 0 Å². The maximum atomic E-state index is 14.2. The molecule has 3 aromatic rings. The lowest BCUT2D eigenvalue weighted by Crippen LogP contribution is -2.41. The molecule has 1 aliphatic rings. The van der Waals surface area contributed by atoms with Crippen LogP contribution in [0.2, 0.25) is 0 Å². The van der Waals surface area contributed by atoms with Gasteiger partial charge in [0.1, 0.15) is 23.2 Å². The summed E-state index contributed by atoms with van der Waals surface area (Å²) < 4.78 is 29.6. The van der Waals surface area contributed by atoms with Crippen molar-refractivity contribution in [3.05, 3.63) is 77.1 Å². The quantitative estimate of drug-likeness (QED) is 0.710. The molecule has 1 aromatic carbocycles. The van der Waals surface area contributed by atoms with Gasteiger partial charge >= 0.3 is 6.03 Å². The number of rotatable bonds is 3. The van der Waals surface area contributed by atoms with Crippen molar-refractivity contribution >= 4 is 17.5 Å². The normalized spacial score (nSPS) is 19.1. The van der Waals surface area contributed by atoms with Crippen LogP contribution >= 0.6 is 0 Å². The third-order valence-electron chi connectivity index (χ3n) is 4.94. The van der Waals surface area contributed by atoms with Crippen LogP contribution in [-0.4, -0.2) is 21.2 Å². The minimum atomic E-state index is -1.74. The molecule has 1 N–H and O–H groups in total. The van der Waals surface area contributed by atoms with Gasteiger partial charge in [-0.1, -0.05) is 6.07 Å². The van der Waals surface area contributed by atoms with Crippen LogP contribution in [0.25, 0.3) is 5.52 Å². The molecule has 2 aromatic heterocycles. The molecular weight excluding hydrogens is 366 g/mol. The predicted octanol–water partition coefficient (Wildman–Crippen LogP) is 3.06. The van der Waals surface area contributed by atoms with Crippen LogP contribution in [0.4, 0.5) is 13.6 Å². The van der Waals surface area contributed by atoms with Gasteiger partial charge in [0.15, 0.2) is 0 Å². The van der Waals surface area contributed by atoms with Gasteiger partial charge in [-0.05, 0) is 37.3 Å². The molecule has 140 valence electrons. The van der Waals surface area contributed by atoms with E-state index in [0.717, 1.165) is 23.1 Å². The first-order chi connectivity index (χ1) is 13.3. The van der Waals surface area contributed by atoms with Crippen LogP contribution < -0.4 is 5.32 Å². The number of urea groups is 1. The van der Waals surface area contributed by atoms with Gasteiger partial charge < -0.3 is 9.72 Å². The Morgan fingerprint density at radius 2 is 2.00 bits per heavy atom. The topological polar surface area (TPSA) is 77.6 Å². The Balaban J connectivity index is 1.73. The van der Waals surface area contributed by atoms with Crippen molar-refractivity contribution < 1.29 is 18.4 Å². The maximum absolute atomic E-state index is 14.2. The Hall–Kier alpha value is -3.73. The summed E-state index contributed by atoms with van der Waals surface area (Å²) in [6, 6.07) is 9.40. The number of benzene rings is 1. The number of hydrogen-bond acceptors (Lipinski definition) is 3. The number of amides is 3. The van der Waals surface area contributed by atoms with E-state index in [1.165, 1.54) is 6.92 Å². The second kappa shape index (κ2) is 6.16. The smallest absolute Gasteiger partial charge is 0.322 e. The number of carbonyl (C=O) groups is 2. The van der Waals surface area contributed by atoms with Crippen molar-refractivity contribution in [1.29, 1.82) is 5.26 Å². The van der Waals surface area contributed by atoms with Gasteiger partial charge in [0, 0.05) is 23.5 Å². The molecule has 1 aliphatic heterocycles. The lowest BCUT2D eigenvalue weighted by Gasteiger charge is -2.22. The molecule has 3 amide bonds. The second-order valence-electron chi connectivity index (χ2n) is 6.70. The van der Waals surface area contributed by atoms with E-state index >= 15 is 0 Å². The molecule has 0 radical (unpaired) electrons. The van der Waals surface area contributed by atoms with Gasteiger partial charge in [-0.25, -0.2) is 13.6 Å². The molecule has 4 rings (SSSR count). The van der Waals surface area contributed by atoms with Crippen molar-refractivity contribution in [2.45, 2.75) is 19.0 Å². The van der Waals surface area contributed by atoms with E-state index in [2.05, 4.69) is 11.4 Å². The lowest BCUT2D eigenvalue weighted by atomic mass is 9.91. The Kier molecular flexibility index (Phi) is 3.89. The first kappa shape index (κ1) is 17.7. The fourth-order valence-electron chi connectivity index (χ4n) is 3.50. The van der Waals surface area contributed by atoms with E-state index in [1.807, 2.05) is 0 Å². The highest BCUT2D eigenvalue weighted by molar-refractivity contribution is 6.07. The van der Waals surface area contributed by atoms with E-state index in [4.69, 9.17) is 0 Å². The molecule has 0 unspecified atom stereocenters. The molecule has 6 nitrogen and oxygen atoms in total. The molecule has 0 bridgehead atoms. The molecule has 0 spiro atoms. The van der Waals surface area contributed by atoms with Gasteiger partial charge in [0.05, 0.1) is 17.6 Å². The molecule has 1 atom stereocenters. The third-order valence-corrected chi connectivity index (χ3v) is 4.94. The summed E-state index contributed by atoms with van der Waals surface area (Å²) in [6.07, 6.45) is 3.41. The summed E-state index contributed by atoms with van der Waals surface area (Å²) in [7, 11) is 0. The zero-order valence-electron chi connectivity index (χ0n) is 14.7. The minimum absolute atomic E-state index is 0.165. The number of halogens is 2. The van der Waals surface area contributed by atoms with Crippen molar-refractivity contribution in [2.24, 2.45) is 0 Å². The number of imide groups is 1. The van der Waals surface area contributed by atoms with Crippen LogP contribution in [0, 0.1) is 23.0 Å². The van der Waals surface area contributed by atoms with E-state index < -0.39 is 29.1 Å². The average Bonchev–Trinajstić information content (AvgIpc) is 3.13. The summed E-state index contributed by atoms with van der Waals surface area (Å²) in [5.74, 6) is -2.24. The van der Waals surface area contributed by atoms with E-state index in [-0.39, 0.29) is 12.1 Å². The lowest BCUT2D eigenvalue weighted by molar-refractivity contribution is -0.131. The van der Waals surface area contributed by atoms with Crippen molar-refractivity contribution in [1.82, 2.24) is 14.6 Å².